The van der Waals surface area contributed by atoms with E-state index in [1.54, 1.807) is 24.7 Å². The van der Waals surface area contributed by atoms with E-state index in [4.69, 9.17) is 14.2 Å². The van der Waals surface area contributed by atoms with Crippen molar-refractivity contribution >= 4 is 23.0 Å². The van der Waals surface area contributed by atoms with Gasteiger partial charge in [0.2, 0.25) is 11.9 Å². The van der Waals surface area contributed by atoms with E-state index in [1.165, 1.54) is 0 Å². The standard InChI is InChI=1S/C25H29N5O5/c1-4-25-18(33-12-15-8-6-5-7-9-15)17(34-24(25)10-11-24)22(35-25)30-13-26-16-19(30)27-23(29-21(16)32)28-20(31)14(2)3/h5-9,13-14,17-18,22H,4,10-12H2,1-3H3,(H2,27,28,29,31,32)/t17-,18?,22+,25+/m0/s1. The molecule has 2 aromatic heterocycles. The van der Waals surface area contributed by atoms with Gasteiger partial charge in [-0.05, 0) is 24.8 Å². The topological polar surface area (TPSA) is 120 Å². The van der Waals surface area contributed by atoms with Crippen LogP contribution in [0.2, 0.25) is 0 Å². The molecule has 4 atom stereocenters. The summed E-state index contributed by atoms with van der Waals surface area (Å²) in [6, 6.07) is 10.0. The number of aromatic nitrogens is 4. The van der Waals surface area contributed by atoms with Gasteiger partial charge in [0.15, 0.2) is 17.4 Å². The number of nitrogens with one attached hydrogen (secondary N) is 2. The summed E-state index contributed by atoms with van der Waals surface area (Å²) in [5, 5.41) is 2.66. The molecule has 1 spiro atoms. The summed E-state index contributed by atoms with van der Waals surface area (Å²) in [7, 11) is 0. The van der Waals surface area contributed by atoms with Crippen LogP contribution < -0.4 is 10.9 Å². The van der Waals surface area contributed by atoms with Crippen molar-refractivity contribution in [1.82, 2.24) is 19.5 Å². The Morgan fingerprint density at radius 1 is 1.29 bits per heavy atom. The molecule has 2 bridgehead atoms. The molecule has 1 saturated carbocycles. The number of carbonyl (C=O) groups excluding carboxylic acids is 1. The minimum Gasteiger partial charge on any atom is -0.368 e. The number of rotatable bonds is 7. The quantitative estimate of drug-likeness (QED) is 0.535. The van der Waals surface area contributed by atoms with E-state index in [0.717, 1.165) is 24.8 Å². The Kier molecular flexibility index (Phi) is 5.10. The van der Waals surface area contributed by atoms with E-state index in [-0.39, 0.29) is 41.1 Å². The van der Waals surface area contributed by atoms with Gasteiger partial charge in [-0.3, -0.25) is 24.5 Å². The third-order valence-electron chi connectivity index (χ3n) is 7.48. The zero-order valence-electron chi connectivity index (χ0n) is 20.0. The largest absolute Gasteiger partial charge is 0.368 e. The average Bonchev–Trinajstić information content (AvgIpc) is 3.27. The van der Waals surface area contributed by atoms with Crippen LogP contribution in [-0.4, -0.2) is 48.8 Å². The molecule has 35 heavy (non-hydrogen) atoms. The molecule has 3 aromatic rings. The van der Waals surface area contributed by atoms with E-state index >= 15 is 0 Å². The maximum atomic E-state index is 12.7. The van der Waals surface area contributed by atoms with Gasteiger partial charge in [-0.1, -0.05) is 51.1 Å². The lowest BCUT2D eigenvalue weighted by atomic mass is 9.87. The fourth-order valence-electron chi connectivity index (χ4n) is 5.51. The van der Waals surface area contributed by atoms with E-state index in [9.17, 15) is 9.59 Å². The Hall–Kier alpha value is -3.08. The lowest BCUT2D eigenvalue weighted by Crippen LogP contribution is -2.49. The second kappa shape index (κ2) is 7.97. The molecule has 1 aliphatic carbocycles. The Balaban J connectivity index is 1.35. The summed E-state index contributed by atoms with van der Waals surface area (Å²) in [5.41, 5.74) is 0.223. The molecule has 0 radical (unpaired) electrons. The summed E-state index contributed by atoms with van der Waals surface area (Å²) in [6.45, 7) is 6.09. The van der Waals surface area contributed by atoms with E-state index in [2.05, 4.69) is 27.2 Å². The fraction of sp³-hybridized carbons (Fsp3) is 0.520. The van der Waals surface area contributed by atoms with Crippen molar-refractivity contribution in [3.8, 4) is 0 Å². The van der Waals surface area contributed by atoms with Crippen LogP contribution in [0.15, 0.2) is 41.5 Å². The molecule has 1 amide bonds. The molecule has 2 saturated heterocycles. The zero-order valence-corrected chi connectivity index (χ0v) is 20.0. The van der Waals surface area contributed by atoms with E-state index in [0.29, 0.717) is 12.3 Å². The number of nitrogens with zero attached hydrogens (tertiary/aromatic N) is 3. The van der Waals surface area contributed by atoms with Crippen molar-refractivity contribution in [1.29, 1.82) is 0 Å². The highest BCUT2D eigenvalue weighted by Gasteiger charge is 2.78. The van der Waals surface area contributed by atoms with Crippen LogP contribution in [0.3, 0.4) is 0 Å². The molecule has 1 aromatic carbocycles. The third kappa shape index (κ3) is 3.35. The summed E-state index contributed by atoms with van der Waals surface area (Å²) >= 11 is 0. The highest BCUT2D eigenvalue weighted by molar-refractivity contribution is 5.91. The number of H-pyrrole nitrogens is 1. The highest BCUT2D eigenvalue weighted by atomic mass is 16.7. The minimum absolute atomic E-state index is 0.0766. The van der Waals surface area contributed by atoms with Crippen molar-refractivity contribution in [2.75, 3.05) is 5.32 Å². The third-order valence-corrected chi connectivity index (χ3v) is 7.48. The second-order valence-corrected chi connectivity index (χ2v) is 9.93. The first-order chi connectivity index (χ1) is 16.9. The van der Waals surface area contributed by atoms with Crippen LogP contribution in [0.1, 0.15) is 51.8 Å². The van der Waals surface area contributed by atoms with Crippen LogP contribution in [0.4, 0.5) is 5.95 Å². The van der Waals surface area contributed by atoms with Gasteiger partial charge in [-0.15, -0.1) is 0 Å². The number of ether oxygens (including phenoxy) is 3. The van der Waals surface area contributed by atoms with Crippen molar-refractivity contribution in [3.63, 3.8) is 0 Å². The summed E-state index contributed by atoms with van der Waals surface area (Å²) in [4.78, 5) is 36.2. The Morgan fingerprint density at radius 2 is 2.06 bits per heavy atom. The summed E-state index contributed by atoms with van der Waals surface area (Å²) < 4.78 is 21.6. The number of aromatic amines is 1. The molecular formula is C25H29N5O5. The monoisotopic (exact) mass is 479 g/mol. The smallest absolute Gasteiger partial charge is 0.280 e. The van der Waals surface area contributed by atoms with Crippen molar-refractivity contribution in [3.05, 3.63) is 52.6 Å². The molecule has 10 nitrogen and oxygen atoms in total. The van der Waals surface area contributed by atoms with E-state index < -0.39 is 17.4 Å². The maximum Gasteiger partial charge on any atom is 0.280 e. The van der Waals surface area contributed by atoms with Crippen LogP contribution in [0.5, 0.6) is 0 Å². The molecule has 184 valence electrons. The summed E-state index contributed by atoms with van der Waals surface area (Å²) in [6.07, 6.45) is 2.93. The molecule has 10 heteroatoms. The van der Waals surface area contributed by atoms with Crippen LogP contribution in [0, 0.1) is 5.92 Å². The maximum absolute atomic E-state index is 12.7. The number of anilines is 1. The van der Waals surface area contributed by atoms with Crippen LogP contribution in [0.25, 0.3) is 11.2 Å². The molecule has 1 unspecified atom stereocenters. The molecule has 3 fully saturated rings. The molecule has 2 aliphatic heterocycles. The SMILES string of the molecule is CC[C@]12O[C@@H](n3cnc4c(=O)[nH]c(NC(=O)C(C)C)nc43)[C@@H](OC13CC3)C2OCc1ccccc1. The van der Waals surface area contributed by atoms with Gasteiger partial charge in [0.25, 0.3) is 5.56 Å². The number of carbonyl (C=O) groups is 1. The van der Waals surface area contributed by atoms with Crippen LogP contribution in [-0.2, 0) is 25.6 Å². The highest BCUT2D eigenvalue weighted by Crippen LogP contribution is 2.66. The van der Waals surface area contributed by atoms with Crippen LogP contribution >= 0.6 is 0 Å². The first kappa shape index (κ1) is 22.4. The zero-order chi connectivity index (χ0) is 24.4. The lowest BCUT2D eigenvalue weighted by molar-refractivity contribution is -0.224. The molecule has 6 rings (SSSR count). The molecular weight excluding hydrogens is 450 g/mol. The second-order valence-electron chi connectivity index (χ2n) is 9.93. The number of hydrogen-bond donors (Lipinski definition) is 2. The Morgan fingerprint density at radius 3 is 2.74 bits per heavy atom. The van der Waals surface area contributed by atoms with Crippen molar-refractivity contribution in [2.45, 2.75) is 76.3 Å². The van der Waals surface area contributed by atoms with Gasteiger partial charge < -0.3 is 14.2 Å². The summed E-state index contributed by atoms with van der Waals surface area (Å²) in [5.74, 6) is -0.425. The van der Waals surface area contributed by atoms with E-state index in [1.807, 2.05) is 30.3 Å². The van der Waals surface area contributed by atoms with Gasteiger partial charge in [-0.2, -0.15) is 4.98 Å². The molecule has 2 N–H and O–H groups in total. The molecule has 4 heterocycles. The normalized spacial score (nSPS) is 28.3. The number of fused-ring (bicyclic) bond motifs is 4. The first-order valence-corrected chi connectivity index (χ1v) is 12.2. The van der Waals surface area contributed by atoms with Gasteiger partial charge >= 0.3 is 0 Å². The van der Waals surface area contributed by atoms with Gasteiger partial charge in [0.1, 0.15) is 23.4 Å². The van der Waals surface area contributed by atoms with Gasteiger partial charge in [0.05, 0.1) is 12.9 Å². The minimum atomic E-state index is -0.594. The van der Waals surface area contributed by atoms with Gasteiger partial charge in [-0.25, -0.2) is 4.98 Å². The number of amides is 1. The van der Waals surface area contributed by atoms with Gasteiger partial charge in [0, 0.05) is 5.92 Å². The number of imidazole rings is 1. The van der Waals surface area contributed by atoms with Crippen molar-refractivity contribution in [2.24, 2.45) is 5.92 Å². The lowest BCUT2D eigenvalue weighted by Gasteiger charge is -2.38. The average molecular weight is 480 g/mol. The Labute approximate surface area is 202 Å². The number of benzene rings is 1. The first-order valence-electron chi connectivity index (χ1n) is 12.2. The number of hydrogen-bond acceptors (Lipinski definition) is 7. The fourth-order valence-corrected chi connectivity index (χ4v) is 5.51. The Bertz CT molecular complexity index is 1330. The predicted octanol–water partition coefficient (Wildman–Crippen LogP) is 2.91. The predicted molar refractivity (Wildman–Crippen MR) is 127 cm³/mol. The van der Waals surface area contributed by atoms with Crippen molar-refractivity contribution < 1.29 is 19.0 Å². The molecule has 3 aliphatic rings.